The third-order valence-electron chi connectivity index (χ3n) is 6.78. The Morgan fingerprint density at radius 3 is 2.30 bits per heavy atom. The highest BCUT2D eigenvalue weighted by molar-refractivity contribution is 6.51. The lowest BCUT2D eigenvalue weighted by Crippen LogP contribution is -2.29. The first-order valence-electron chi connectivity index (χ1n) is 12.9. The molecular formula is C32H33NO7. The molecule has 1 unspecified atom stereocenters. The van der Waals surface area contributed by atoms with Crippen molar-refractivity contribution in [1.29, 1.82) is 0 Å². The van der Waals surface area contributed by atoms with Gasteiger partial charge in [0.05, 0.1) is 38.0 Å². The van der Waals surface area contributed by atoms with Gasteiger partial charge in [-0.25, -0.2) is 4.79 Å². The van der Waals surface area contributed by atoms with E-state index in [2.05, 4.69) is 0 Å². The Kier molecular flexibility index (Phi) is 8.00. The van der Waals surface area contributed by atoms with Crippen molar-refractivity contribution < 1.29 is 33.7 Å². The molecule has 1 aliphatic heterocycles. The first kappa shape index (κ1) is 28.4. The summed E-state index contributed by atoms with van der Waals surface area (Å²) in [6, 6.07) is 17.4. The summed E-state index contributed by atoms with van der Waals surface area (Å²) in [7, 11) is 2.75. The van der Waals surface area contributed by atoms with Crippen LogP contribution in [-0.4, -0.2) is 43.6 Å². The summed E-state index contributed by atoms with van der Waals surface area (Å²) < 4.78 is 16.2. The summed E-state index contributed by atoms with van der Waals surface area (Å²) in [6.07, 6.45) is 0. The van der Waals surface area contributed by atoms with Crippen LogP contribution >= 0.6 is 0 Å². The van der Waals surface area contributed by atoms with Crippen molar-refractivity contribution in [2.24, 2.45) is 0 Å². The van der Waals surface area contributed by atoms with Crippen molar-refractivity contribution in [3.05, 3.63) is 94.6 Å². The molecule has 40 heavy (non-hydrogen) atoms. The fraction of sp³-hybridized carbons (Fsp3) is 0.281. The summed E-state index contributed by atoms with van der Waals surface area (Å²) >= 11 is 0. The summed E-state index contributed by atoms with van der Waals surface area (Å²) in [5.74, 6) is -1.51. The van der Waals surface area contributed by atoms with E-state index in [0.717, 1.165) is 5.56 Å². The largest absolute Gasteiger partial charge is 0.507 e. The van der Waals surface area contributed by atoms with Gasteiger partial charge in [0.2, 0.25) is 0 Å². The van der Waals surface area contributed by atoms with E-state index in [1.165, 1.54) is 25.2 Å². The molecule has 8 nitrogen and oxygen atoms in total. The van der Waals surface area contributed by atoms with E-state index in [1.54, 1.807) is 60.7 Å². The molecule has 1 saturated heterocycles. The number of esters is 1. The van der Waals surface area contributed by atoms with Crippen LogP contribution in [0.3, 0.4) is 0 Å². The van der Waals surface area contributed by atoms with Crippen LogP contribution < -0.4 is 14.4 Å². The van der Waals surface area contributed by atoms with Gasteiger partial charge < -0.3 is 19.3 Å². The number of aliphatic hydroxyl groups excluding tert-OH is 1. The van der Waals surface area contributed by atoms with Crippen molar-refractivity contribution in [2.75, 3.05) is 25.7 Å². The minimum absolute atomic E-state index is 0.0954. The molecule has 0 bridgehead atoms. The van der Waals surface area contributed by atoms with E-state index in [9.17, 15) is 19.5 Å². The maximum Gasteiger partial charge on any atom is 0.337 e. The van der Waals surface area contributed by atoms with Crippen LogP contribution in [0.1, 0.15) is 60.8 Å². The summed E-state index contributed by atoms with van der Waals surface area (Å²) in [6.45, 7) is 8.44. The molecule has 3 aromatic rings. The second kappa shape index (κ2) is 11.3. The van der Waals surface area contributed by atoms with Crippen molar-refractivity contribution in [2.45, 2.75) is 39.2 Å². The van der Waals surface area contributed by atoms with Gasteiger partial charge in [0.25, 0.3) is 11.7 Å². The second-order valence-electron chi connectivity index (χ2n) is 10.3. The second-order valence-corrected chi connectivity index (χ2v) is 10.3. The van der Waals surface area contributed by atoms with Gasteiger partial charge in [-0.2, -0.15) is 0 Å². The number of hydrogen-bond acceptors (Lipinski definition) is 7. The SMILES string of the molecule is CCOc1ccc(/C(O)=C2\C(=O)C(=O)N(c3cccc(C(=O)OC)c3)C2c2ccccc2OC)cc1C(C)(C)C. The Morgan fingerprint density at radius 1 is 0.925 bits per heavy atom. The standard InChI is InChI=1S/C32H33NO7/c1-7-40-25-16-15-19(18-23(25)32(2,3)4)28(34)26-27(22-13-8-9-14-24(22)38-5)33(30(36)29(26)35)21-12-10-11-20(17-21)31(37)39-6/h8-18,27,34H,7H2,1-6H3/b28-26+. The van der Waals surface area contributed by atoms with E-state index < -0.39 is 23.7 Å². The number of carbonyl (C=O) groups excluding carboxylic acids is 3. The fourth-order valence-electron chi connectivity index (χ4n) is 4.89. The van der Waals surface area contributed by atoms with Crippen LogP contribution in [0.2, 0.25) is 0 Å². The lowest BCUT2D eigenvalue weighted by molar-refractivity contribution is -0.132. The molecule has 0 aliphatic carbocycles. The van der Waals surface area contributed by atoms with Crippen molar-refractivity contribution >= 4 is 29.1 Å². The number of para-hydroxylation sites is 1. The molecule has 3 aromatic carbocycles. The normalized spacial score (nSPS) is 16.6. The minimum atomic E-state index is -1.03. The van der Waals surface area contributed by atoms with Crippen molar-refractivity contribution in [1.82, 2.24) is 0 Å². The van der Waals surface area contributed by atoms with Crippen LogP contribution in [0.5, 0.6) is 11.5 Å². The molecule has 0 spiro atoms. The zero-order chi connectivity index (χ0) is 29.2. The predicted molar refractivity (Wildman–Crippen MR) is 152 cm³/mol. The Morgan fingerprint density at radius 2 is 1.65 bits per heavy atom. The van der Waals surface area contributed by atoms with Gasteiger partial charge in [0.15, 0.2) is 0 Å². The molecule has 1 heterocycles. The highest BCUT2D eigenvalue weighted by Gasteiger charge is 2.48. The molecule has 8 heteroatoms. The average molecular weight is 544 g/mol. The molecule has 1 fully saturated rings. The average Bonchev–Trinajstić information content (AvgIpc) is 3.21. The van der Waals surface area contributed by atoms with E-state index >= 15 is 0 Å². The fourth-order valence-corrected chi connectivity index (χ4v) is 4.89. The topological polar surface area (TPSA) is 102 Å². The number of benzene rings is 3. The van der Waals surface area contributed by atoms with Crippen LogP contribution in [-0.2, 0) is 19.7 Å². The Hall–Kier alpha value is -4.59. The molecule has 4 rings (SSSR count). The minimum Gasteiger partial charge on any atom is -0.507 e. The van der Waals surface area contributed by atoms with Crippen LogP contribution in [0.15, 0.2) is 72.3 Å². The maximum atomic E-state index is 13.6. The van der Waals surface area contributed by atoms with Crippen LogP contribution in [0, 0.1) is 0 Å². The highest BCUT2D eigenvalue weighted by atomic mass is 16.5. The van der Waals surface area contributed by atoms with E-state index in [1.807, 2.05) is 27.7 Å². The molecular weight excluding hydrogens is 510 g/mol. The van der Waals surface area contributed by atoms with Gasteiger partial charge in [0, 0.05) is 22.4 Å². The number of carbonyl (C=O) groups is 3. The van der Waals surface area contributed by atoms with Gasteiger partial charge >= 0.3 is 5.97 Å². The number of hydrogen-bond donors (Lipinski definition) is 1. The van der Waals surface area contributed by atoms with Gasteiger partial charge in [-0.1, -0.05) is 45.0 Å². The number of aliphatic hydroxyl groups is 1. The Labute approximate surface area is 233 Å². The predicted octanol–water partition coefficient (Wildman–Crippen LogP) is 5.80. The third-order valence-corrected chi connectivity index (χ3v) is 6.78. The monoisotopic (exact) mass is 543 g/mol. The summed E-state index contributed by atoms with van der Waals surface area (Å²) in [5.41, 5.74) is 1.78. The van der Waals surface area contributed by atoms with E-state index in [0.29, 0.717) is 34.9 Å². The molecule has 208 valence electrons. The lowest BCUT2D eigenvalue weighted by atomic mass is 9.84. The molecule has 1 atom stereocenters. The number of rotatable bonds is 7. The number of Topliss-reactive ketones (excluding diaryl/α,β-unsaturated/α-hetero) is 1. The Balaban J connectivity index is 1.99. The van der Waals surface area contributed by atoms with E-state index in [-0.39, 0.29) is 22.3 Å². The molecule has 1 N–H and O–H groups in total. The van der Waals surface area contributed by atoms with Crippen molar-refractivity contribution in [3.63, 3.8) is 0 Å². The molecule has 1 aliphatic rings. The number of methoxy groups -OCH3 is 2. The van der Waals surface area contributed by atoms with Gasteiger partial charge in [-0.3, -0.25) is 14.5 Å². The van der Waals surface area contributed by atoms with Crippen LogP contribution in [0.4, 0.5) is 5.69 Å². The molecule has 0 saturated carbocycles. The molecule has 0 radical (unpaired) electrons. The van der Waals surface area contributed by atoms with Crippen molar-refractivity contribution in [3.8, 4) is 11.5 Å². The Bertz CT molecular complexity index is 1500. The zero-order valence-corrected chi connectivity index (χ0v) is 23.5. The first-order valence-corrected chi connectivity index (χ1v) is 12.9. The number of amides is 1. The quantitative estimate of drug-likeness (QED) is 0.174. The number of ether oxygens (including phenoxy) is 3. The first-order chi connectivity index (χ1) is 19.0. The number of ketones is 1. The van der Waals surface area contributed by atoms with Gasteiger partial charge in [0.1, 0.15) is 17.3 Å². The smallest absolute Gasteiger partial charge is 0.337 e. The molecule has 0 aromatic heterocycles. The van der Waals surface area contributed by atoms with Gasteiger partial charge in [-0.15, -0.1) is 0 Å². The maximum absolute atomic E-state index is 13.6. The highest BCUT2D eigenvalue weighted by Crippen LogP contribution is 2.45. The van der Waals surface area contributed by atoms with E-state index in [4.69, 9.17) is 14.2 Å². The summed E-state index contributed by atoms with van der Waals surface area (Å²) in [4.78, 5) is 40.8. The molecule has 1 amide bonds. The lowest BCUT2D eigenvalue weighted by Gasteiger charge is -2.27. The third kappa shape index (κ3) is 5.17. The van der Waals surface area contributed by atoms with Crippen LogP contribution in [0.25, 0.3) is 5.76 Å². The van der Waals surface area contributed by atoms with Gasteiger partial charge in [-0.05, 0) is 54.8 Å². The summed E-state index contributed by atoms with van der Waals surface area (Å²) in [5, 5.41) is 11.7. The number of nitrogens with zero attached hydrogens (tertiary/aromatic N) is 1. The zero-order valence-electron chi connectivity index (χ0n) is 23.5. The number of anilines is 1.